The largest absolute Gasteiger partial charge is 0.348 e. The second kappa shape index (κ2) is 6.47. The van der Waals surface area contributed by atoms with E-state index in [-0.39, 0.29) is 17.2 Å². The van der Waals surface area contributed by atoms with Crippen molar-refractivity contribution in [1.29, 1.82) is 0 Å². The highest BCUT2D eigenvalue weighted by Gasteiger charge is 2.30. The number of hydrogen-bond donors (Lipinski definition) is 1. The number of hydrogen-bond acceptors (Lipinski definition) is 3. The molecule has 0 bridgehead atoms. The van der Waals surface area contributed by atoms with Crippen molar-refractivity contribution in [2.75, 3.05) is 11.4 Å². The number of nitrogens with one attached hydrogen (secondary N) is 1. The first-order valence-corrected chi connectivity index (χ1v) is 8.13. The molecule has 3 aromatic rings. The average Bonchev–Trinajstić information content (AvgIpc) is 3.35. The fourth-order valence-electron chi connectivity index (χ4n) is 3.28. The van der Waals surface area contributed by atoms with Crippen LogP contribution in [-0.4, -0.2) is 26.5 Å². The minimum atomic E-state index is -2.61. The summed E-state index contributed by atoms with van der Waals surface area (Å²) in [4.78, 5) is 1.87. The van der Waals surface area contributed by atoms with E-state index in [4.69, 9.17) is 0 Å². The minimum absolute atomic E-state index is 0.193. The minimum Gasteiger partial charge on any atom is -0.348 e. The number of aromatic amines is 1. The molecule has 0 radical (unpaired) electrons. The van der Waals surface area contributed by atoms with Crippen molar-refractivity contribution in [2.45, 2.75) is 25.3 Å². The molecule has 9 heteroatoms. The summed E-state index contributed by atoms with van der Waals surface area (Å²) < 4.78 is 54.4. The summed E-state index contributed by atoms with van der Waals surface area (Å²) in [6.07, 6.45) is 1.17. The van der Waals surface area contributed by atoms with Gasteiger partial charge in [-0.25, -0.2) is 22.2 Å². The molecule has 2 aromatic heterocycles. The van der Waals surface area contributed by atoms with Gasteiger partial charge >= 0.3 is 0 Å². The Kier molecular flexibility index (Phi) is 4.14. The van der Waals surface area contributed by atoms with E-state index in [0.717, 1.165) is 24.8 Å². The van der Waals surface area contributed by atoms with Gasteiger partial charge in [-0.05, 0) is 31.0 Å². The Bertz CT molecular complexity index is 920. The van der Waals surface area contributed by atoms with Gasteiger partial charge in [0.05, 0.1) is 17.8 Å². The third-order valence-electron chi connectivity index (χ3n) is 4.52. The predicted molar refractivity (Wildman–Crippen MR) is 86.3 cm³/mol. The lowest BCUT2D eigenvalue weighted by Crippen LogP contribution is -2.23. The first kappa shape index (κ1) is 16.6. The number of H-pyrrole nitrogens is 1. The molecule has 0 saturated carbocycles. The van der Waals surface area contributed by atoms with Crippen LogP contribution < -0.4 is 4.90 Å². The van der Waals surface area contributed by atoms with Gasteiger partial charge in [0.1, 0.15) is 11.6 Å². The molecule has 0 spiro atoms. The molecule has 0 amide bonds. The van der Waals surface area contributed by atoms with Crippen LogP contribution >= 0.6 is 0 Å². The van der Waals surface area contributed by atoms with Crippen molar-refractivity contribution in [3.63, 3.8) is 0 Å². The van der Waals surface area contributed by atoms with Gasteiger partial charge in [-0.3, -0.25) is 5.10 Å². The Morgan fingerprint density at radius 2 is 2.04 bits per heavy atom. The molecule has 1 aliphatic heterocycles. The van der Waals surface area contributed by atoms with E-state index in [9.17, 15) is 17.6 Å². The maximum absolute atomic E-state index is 14.2. The van der Waals surface area contributed by atoms with Gasteiger partial charge in [0.2, 0.25) is 0 Å². The number of rotatable bonds is 4. The number of alkyl halides is 2. The van der Waals surface area contributed by atoms with Crippen molar-refractivity contribution in [1.82, 2.24) is 20.0 Å². The van der Waals surface area contributed by atoms with Gasteiger partial charge in [-0.2, -0.15) is 10.2 Å². The summed E-state index contributed by atoms with van der Waals surface area (Å²) in [6.45, 7) is 0.631. The second-order valence-corrected chi connectivity index (χ2v) is 6.15. The summed E-state index contributed by atoms with van der Waals surface area (Å²) in [6, 6.07) is 4.72. The molecule has 1 saturated heterocycles. The fraction of sp³-hybridized carbons (Fsp3) is 0.294. The number of nitrogens with zero attached hydrogens (tertiary/aromatic N) is 4. The highest BCUT2D eigenvalue weighted by molar-refractivity contribution is 5.48. The van der Waals surface area contributed by atoms with Crippen LogP contribution in [0.2, 0.25) is 0 Å². The molecular formula is C17H15F4N5. The average molecular weight is 365 g/mol. The maximum Gasteiger partial charge on any atom is 0.266 e. The van der Waals surface area contributed by atoms with Gasteiger partial charge < -0.3 is 4.90 Å². The fourth-order valence-corrected chi connectivity index (χ4v) is 3.28. The van der Waals surface area contributed by atoms with Crippen LogP contribution in [0.5, 0.6) is 0 Å². The van der Waals surface area contributed by atoms with Crippen molar-refractivity contribution >= 4 is 5.82 Å². The Morgan fingerprint density at radius 3 is 2.81 bits per heavy atom. The highest BCUT2D eigenvalue weighted by atomic mass is 19.3. The molecule has 136 valence electrons. The second-order valence-electron chi connectivity index (χ2n) is 6.15. The molecule has 0 unspecified atom stereocenters. The van der Waals surface area contributed by atoms with Crippen molar-refractivity contribution in [2.24, 2.45) is 0 Å². The monoisotopic (exact) mass is 365 g/mol. The lowest BCUT2D eigenvalue weighted by atomic mass is 10.0. The molecule has 1 aliphatic rings. The van der Waals surface area contributed by atoms with Crippen molar-refractivity contribution in [3.05, 3.63) is 59.4 Å². The van der Waals surface area contributed by atoms with Gasteiger partial charge in [-0.15, -0.1) is 0 Å². The van der Waals surface area contributed by atoms with Gasteiger partial charge in [0.15, 0.2) is 11.6 Å². The molecule has 1 aromatic carbocycles. The van der Waals surface area contributed by atoms with Gasteiger partial charge in [0, 0.05) is 24.4 Å². The van der Waals surface area contributed by atoms with Crippen LogP contribution in [0.25, 0.3) is 5.82 Å². The van der Waals surface area contributed by atoms with Crippen LogP contribution in [0.3, 0.4) is 0 Å². The van der Waals surface area contributed by atoms with Crippen molar-refractivity contribution < 1.29 is 17.6 Å². The third-order valence-corrected chi connectivity index (χ3v) is 4.52. The van der Waals surface area contributed by atoms with E-state index in [2.05, 4.69) is 15.3 Å². The van der Waals surface area contributed by atoms with E-state index in [0.29, 0.717) is 24.6 Å². The first-order valence-electron chi connectivity index (χ1n) is 8.13. The van der Waals surface area contributed by atoms with E-state index in [1.54, 1.807) is 6.07 Å². The zero-order chi connectivity index (χ0) is 18.3. The highest BCUT2D eigenvalue weighted by Crippen LogP contribution is 2.37. The molecule has 4 rings (SSSR count). The Hall–Kier alpha value is -2.84. The molecular weight excluding hydrogens is 350 g/mol. The Morgan fingerprint density at radius 1 is 1.19 bits per heavy atom. The molecule has 26 heavy (non-hydrogen) atoms. The Balaban J connectivity index is 1.62. The molecule has 1 atom stereocenters. The summed E-state index contributed by atoms with van der Waals surface area (Å²) in [5, 5.41) is 10.8. The normalized spacial score (nSPS) is 17.4. The molecule has 5 nitrogen and oxygen atoms in total. The van der Waals surface area contributed by atoms with E-state index < -0.39 is 18.1 Å². The predicted octanol–water partition coefficient (Wildman–Crippen LogP) is 4.15. The lowest BCUT2D eigenvalue weighted by Gasteiger charge is -2.25. The summed E-state index contributed by atoms with van der Waals surface area (Å²) >= 11 is 0. The lowest BCUT2D eigenvalue weighted by molar-refractivity contribution is 0.151. The number of halogens is 4. The molecule has 0 aliphatic carbocycles. The summed E-state index contributed by atoms with van der Waals surface area (Å²) in [5.74, 6) is -0.0164. The van der Waals surface area contributed by atoms with Gasteiger partial charge in [0.25, 0.3) is 6.43 Å². The number of aromatic nitrogens is 4. The van der Waals surface area contributed by atoms with Crippen LogP contribution in [0.1, 0.15) is 36.4 Å². The molecule has 1 fully saturated rings. The summed E-state index contributed by atoms with van der Waals surface area (Å²) in [7, 11) is 0. The topological polar surface area (TPSA) is 49.7 Å². The van der Waals surface area contributed by atoms with Crippen LogP contribution in [-0.2, 0) is 0 Å². The standard InChI is InChI=1S/C17H15F4N5/c18-11-3-4-13(19)12(6-11)14-2-1-5-25(14)15-7-16(24-23-15)26-9-10(8-22-26)17(20)21/h3-4,6-9,14,17H,1-2,5H2,(H,23,24)/t14-/m1/s1. The zero-order valence-corrected chi connectivity index (χ0v) is 13.5. The Labute approximate surface area is 146 Å². The van der Waals surface area contributed by atoms with Crippen LogP contribution in [0.15, 0.2) is 36.7 Å². The molecule has 1 N–H and O–H groups in total. The van der Waals surface area contributed by atoms with E-state index in [1.165, 1.54) is 16.9 Å². The van der Waals surface area contributed by atoms with E-state index >= 15 is 0 Å². The zero-order valence-electron chi connectivity index (χ0n) is 13.5. The van der Waals surface area contributed by atoms with Gasteiger partial charge in [-0.1, -0.05) is 0 Å². The maximum atomic E-state index is 14.2. The quantitative estimate of drug-likeness (QED) is 0.707. The van der Waals surface area contributed by atoms with Crippen LogP contribution in [0, 0.1) is 11.6 Å². The van der Waals surface area contributed by atoms with Crippen molar-refractivity contribution in [3.8, 4) is 5.82 Å². The SMILES string of the molecule is Fc1ccc(F)c([C@H]2CCCN2c2cc(-n3cc(C(F)F)cn3)[nH]n2)c1. The first-order chi connectivity index (χ1) is 12.5. The number of benzene rings is 1. The van der Waals surface area contributed by atoms with Crippen LogP contribution in [0.4, 0.5) is 23.4 Å². The number of anilines is 1. The molecule has 3 heterocycles. The summed E-state index contributed by atoms with van der Waals surface area (Å²) in [5.41, 5.74) is 0.0909. The smallest absolute Gasteiger partial charge is 0.266 e. The third kappa shape index (κ3) is 2.93. The van der Waals surface area contributed by atoms with E-state index in [1.807, 2.05) is 4.90 Å².